The molecular weight excluding hydrogens is 565 g/mol. The zero-order chi connectivity index (χ0) is 31.8. The third kappa shape index (κ3) is 9.22. The average Bonchev–Trinajstić information content (AvgIpc) is 2.95. The van der Waals surface area contributed by atoms with Gasteiger partial charge >= 0.3 is 0 Å². The molecule has 0 saturated carbocycles. The second-order valence-electron chi connectivity index (χ2n) is 14.6. The first-order valence-electron chi connectivity index (χ1n) is 15.8. The van der Waals surface area contributed by atoms with Crippen LogP contribution in [-0.4, -0.2) is 49.2 Å². The van der Waals surface area contributed by atoms with Crippen molar-refractivity contribution in [1.82, 2.24) is 0 Å². The van der Waals surface area contributed by atoms with Gasteiger partial charge in [-0.05, 0) is 59.4 Å². The summed E-state index contributed by atoms with van der Waals surface area (Å²) in [6, 6.07) is 31.6. The minimum atomic E-state index is -1.89. The highest BCUT2D eigenvalue weighted by Crippen LogP contribution is 2.41. The minimum Gasteiger partial charge on any atom is -0.417 e. The lowest BCUT2D eigenvalue weighted by atomic mass is 9.80. The Hall–Kier alpha value is -2.07. The number of benzene rings is 3. The average molecular weight is 621 g/mol. The molecule has 0 radical (unpaired) electrons. The second-order valence-corrected chi connectivity index (χ2v) is 24.2. The molecule has 0 saturated heterocycles. The van der Waals surface area contributed by atoms with E-state index in [2.05, 4.69) is 159 Å². The van der Waals surface area contributed by atoms with Gasteiger partial charge in [-0.15, -0.1) is 0 Å². The highest BCUT2D eigenvalue weighted by molar-refractivity contribution is 6.74. The fourth-order valence-electron chi connectivity index (χ4n) is 4.59. The van der Waals surface area contributed by atoms with Crippen LogP contribution in [0.25, 0.3) is 0 Å². The second kappa shape index (κ2) is 14.8. The molecule has 3 aromatic carbocycles. The molecule has 3 aromatic rings. The Bertz CT molecular complexity index is 1120. The number of rotatable bonds is 15. The normalized spacial score (nSPS) is 14.1. The van der Waals surface area contributed by atoms with E-state index in [1.165, 1.54) is 0 Å². The predicted molar refractivity (Wildman–Crippen MR) is 186 cm³/mol. The summed E-state index contributed by atoms with van der Waals surface area (Å²) in [5.41, 5.74) is 2.48. The highest BCUT2D eigenvalue weighted by Gasteiger charge is 2.40. The fraction of sp³-hybridized carbons (Fsp3) is 0.514. The van der Waals surface area contributed by atoms with Gasteiger partial charge in [0, 0.05) is 6.61 Å². The van der Waals surface area contributed by atoms with Crippen LogP contribution >= 0.6 is 0 Å². The zero-order valence-electron chi connectivity index (χ0n) is 28.4. The molecule has 6 heteroatoms. The maximum absolute atomic E-state index is 7.15. The van der Waals surface area contributed by atoms with E-state index in [1.807, 2.05) is 0 Å². The van der Waals surface area contributed by atoms with E-state index in [0.29, 0.717) is 26.4 Å². The molecule has 236 valence electrons. The van der Waals surface area contributed by atoms with Gasteiger partial charge in [0.2, 0.25) is 0 Å². The van der Waals surface area contributed by atoms with Crippen LogP contribution in [0.1, 0.15) is 64.7 Å². The van der Waals surface area contributed by atoms with E-state index in [-0.39, 0.29) is 16.2 Å². The van der Waals surface area contributed by atoms with Crippen molar-refractivity contribution in [2.75, 3.05) is 26.4 Å². The number of hydrogen-bond donors (Lipinski definition) is 0. The molecule has 4 nitrogen and oxygen atoms in total. The minimum absolute atomic E-state index is 0.150. The Labute approximate surface area is 264 Å². The third-order valence-electron chi connectivity index (χ3n) is 9.44. The van der Waals surface area contributed by atoms with E-state index >= 15 is 0 Å². The molecule has 0 aliphatic heterocycles. The summed E-state index contributed by atoms with van der Waals surface area (Å²) in [7, 11) is -3.75. The van der Waals surface area contributed by atoms with E-state index < -0.39 is 22.2 Å². The Morgan fingerprint density at radius 3 is 1.28 bits per heavy atom. The molecule has 0 aliphatic carbocycles. The van der Waals surface area contributed by atoms with Gasteiger partial charge in [-0.2, -0.15) is 0 Å². The smallest absolute Gasteiger partial charge is 0.192 e. The van der Waals surface area contributed by atoms with Gasteiger partial charge in [-0.1, -0.05) is 133 Å². The van der Waals surface area contributed by atoms with Crippen molar-refractivity contribution < 1.29 is 18.3 Å². The zero-order valence-corrected chi connectivity index (χ0v) is 30.4. The van der Waals surface area contributed by atoms with Crippen LogP contribution in [0.3, 0.4) is 0 Å². The third-order valence-corrected chi connectivity index (χ3v) is 18.5. The van der Waals surface area contributed by atoms with Crippen LogP contribution in [0.15, 0.2) is 91.0 Å². The first-order chi connectivity index (χ1) is 20.1. The van der Waals surface area contributed by atoms with Crippen molar-refractivity contribution in [3.8, 4) is 0 Å². The number of ether oxygens (including phenoxy) is 2. The summed E-state index contributed by atoms with van der Waals surface area (Å²) in [5.74, 6) is 0. The first-order valence-corrected chi connectivity index (χ1v) is 21.6. The molecule has 0 bridgehead atoms. The largest absolute Gasteiger partial charge is 0.417 e. The van der Waals surface area contributed by atoms with Crippen LogP contribution in [0, 0.1) is 0 Å². The van der Waals surface area contributed by atoms with Crippen LogP contribution < -0.4 is 0 Å². The lowest BCUT2D eigenvalue weighted by Gasteiger charge is -2.38. The van der Waals surface area contributed by atoms with E-state index in [1.54, 1.807) is 0 Å². The molecule has 0 N–H and O–H groups in total. The SMILES string of the molecule is CC(C)(C)[Si](C)(C)OCCOC(CCO[Si](C)(C)C(C)(C)C)COC(c1ccccc1)(c1ccccc1)c1ccccc1. The molecule has 0 spiro atoms. The van der Waals surface area contributed by atoms with Gasteiger partial charge in [0.1, 0.15) is 5.60 Å². The van der Waals surface area contributed by atoms with Crippen molar-refractivity contribution in [2.24, 2.45) is 0 Å². The Morgan fingerprint density at radius 1 is 0.535 bits per heavy atom. The van der Waals surface area contributed by atoms with Crippen LogP contribution in [-0.2, 0) is 23.9 Å². The predicted octanol–water partition coefficient (Wildman–Crippen LogP) is 9.81. The molecular formula is C37H56O4Si2. The van der Waals surface area contributed by atoms with Crippen LogP contribution in [0.4, 0.5) is 0 Å². The highest BCUT2D eigenvalue weighted by atomic mass is 28.4. The molecule has 43 heavy (non-hydrogen) atoms. The fourth-order valence-corrected chi connectivity index (χ4v) is 6.68. The summed E-state index contributed by atoms with van der Waals surface area (Å²) < 4.78 is 26.8. The quantitative estimate of drug-likeness (QED) is 0.0963. The van der Waals surface area contributed by atoms with Gasteiger partial charge in [0.05, 0.1) is 25.9 Å². The van der Waals surface area contributed by atoms with Crippen molar-refractivity contribution in [3.63, 3.8) is 0 Å². The molecule has 0 aliphatic rings. The van der Waals surface area contributed by atoms with Crippen molar-refractivity contribution in [1.29, 1.82) is 0 Å². The molecule has 0 fully saturated rings. The maximum Gasteiger partial charge on any atom is 0.192 e. The Balaban J connectivity index is 1.89. The van der Waals surface area contributed by atoms with E-state index in [9.17, 15) is 0 Å². The maximum atomic E-state index is 7.15. The van der Waals surface area contributed by atoms with E-state index in [4.69, 9.17) is 18.3 Å². The van der Waals surface area contributed by atoms with Crippen molar-refractivity contribution in [2.45, 2.75) is 95.9 Å². The first kappa shape index (κ1) is 35.4. The van der Waals surface area contributed by atoms with E-state index in [0.717, 1.165) is 23.1 Å². The lowest BCUT2D eigenvalue weighted by molar-refractivity contribution is -0.0750. The number of hydrogen-bond acceptors (Lipinski definition) is 4. The molecule has 1 unspecified atom stereocenters. The van der Waals surface area contributed by atoms with Crippen molar-refractivity contribution in [3.05, 3.63) is 108 Å². The molecule has 0 heterocycles. The lowest BCUT2D eigenvalue weighted by Crippen LogP contribution is -2.42. The summed E-state index contributed by atoms with van der Waals surface area (Å²) in [4.78, 5) is 0. The molecule has 0 amide bonds. The summed E-state index contributed by atoms with van der Waals surface area (Å²) in [5, 5.41) is 0.313. The summed E-state index contributed by atoms with van der Waals surface area (Å²) in [6.07, 6.45) is 0.601. The summed E-state index contributed by atoms with van der Waals surface area (Å²) in [6.45, 7) is 25.0. The van der Waals surface area contributed by atoms with Gasteiger partial charge in [-0.25, -0.2) is 0 Å². The van der Waals surface area contributed by atoms with Gasteiger partial charge in [-0.3, -0.25) is 0 Å². The van der Waals surface area contributed by atoms with Gasteiger partial charge in [0.25, 0.3) is 0 Å². The van der Waals surface area contributed by atoms with Crippen LogP contribution in [0.2, 0.25) is 36.3 Å². The Morgan fingerprint density at radius 2 is 0.907 bits per heavy atom. The molecule has 3 rings (SSSR count). The van der Waals surface area contributed by atoms with Crippen LogP contribution in [0.5, 0.6) is 0 Å². The van der Waals surface area contributed by atoms with Crippen molar-refractivity contribution >= 4 is 16.6 Å². The molecule has 0 aromatic heterocycles. The molecule has 1 atom stereocenters. The summed E-state index contributed by atoms with van der Waals surface area (Å²) >= 11 is 0. The topological polar surface area (TPSA) is 36.9 Å². The monoisotopic (exact) mass is 620 g/mol. The standard InChI is InChI=1S/C37H56O4Si2/c1-35(2,3)42(7,8)40-27-26-34(38-28-29-41-43(9,10)36(4,5)6)30-39-37(31-20-14-11-15-21-31,32-22-16-12-17-23-32)33-24-18-13-19-25-33/h11-25,34H,26-30H2,1-10H3. The van der Waals surface area contributed by atoms with Gasteiger partial charge < -0.3 is 18.3 Å². The Kier molecular flexibility index (Phi) is 12.2. The van der Waals surface area contributed by atoms with Gasteiger partial charge in [0.15, 0.2) is 16.6 Å².